The molecule has 2 aromatic rings. The second-order valence-corrected chi connectivity index (χ2v) is 7.99. The number of aromatic amines is 1. The highest BCUT2D eigenvalue weighted by Gasteiger charge is 2.50. The average molecular weight is 482 g/mol. The van der Waals surface area contributed by atoms with Gasteiger partial charge in [0.15, 0.2) is 5.75 Å². The van der Waals surface area contributed by atoms with Gasteiger partial charge in [-0.2, -0.15) is 13.2 Å². The predicted molar refractivity (Wildman–Crippen MR) is 121 cm³/mol. The van der Waals surface area contributed by atoms with E-state index in [0.29, 0.717) is 11.1 Å². The first kappa shape index (κ1) is 26.7. The number of alkyl halides is 3. The summed E-state index contributed by atoms with van der Waals surface area (Å²) >= 11 is 0. The van der Waals surface area contributed by atoms with Crippen molar-refractivity contribution in [3.8, 4) is 16.9 Å². The highest BCUT2D eigenvalue weighted by Crippen LogP contribution is 2.39. The van der Waals surface area contributed by atoms with E-state index in [1.165, 1.54) is 31.4 Å². The van der Waals surface area contributed by atoms with Crippen LogP contribution in [0.2, 0.25) is 0 Å². The van der Waals surface area contributed by atoms with Crippen molar-refractivity contribution in [1.82, 2.24) is 10.3 Å². The summed E-state index contributed by atoms with van der Waals surface area (Å²) in [5.41, 5.74) is -2.47. The van der Waals surface area contributed by atoms with Crippen LogP contribution in [0.5, 0.6) is 5.75 Å². The van der Waals surface area contributed by atoms with E-state index in [-0.39, 0.29) is 23.8 Å². The number of halogens is 4. The van der Waals surface area contributed by atoms with Gasteiger partial charge in [-0.15, -0.1) is 0 Å². The molecule has 0 atom stereocenters. The van der Waals surface area contributed by atoms with Gasteiger partial charge in [0.1, 0.15) is 11.7 Å². The van der Waals surface area contributed by atoms with E-state index in [4.69, 9.17) is 10.1 Å². The minimum Gasteiger partial charge on any atom is -0.488 e. The molecule has 1 aromatic carbocycles. The minimum atomic E-state index is -4.63. The lowest BCUT2D eigenvalue weighted by Crippen LogP contribution is -2.42. The molecule has 3 N–H and O–H groups in total. The number of aromatic nitrogens is 1. The topological polar surface area (TPSA) is 107 Å². The van der Waals surface area contributed by atoms with E-state index in [1.54, 1.807) is 13.0 Å². The zero-order valence-corrected chi connectivity index (χ0v) is 19.2. The molecule has 1 heterocycles. The molecule has 0 radical (unpaired) electrons. The van der Waals surface area contributed by atoms with Crippen molar-refractivity contribution >= 4 is 17.5 Å². The van der Waals surface area contributed by atoms with Crippen molar-refractivity contribution in [3.05, 3.63) is 52.2 Å². The SMILES string of the molecule is CCOc1cc(-c2ccc(CC(=O)NC(CC(=N)C(C)(C)C(F)(F)F)=NC)c(F)c2)c[nH]c1=O. The third-order valence-electron chi connectivity index (χ3n) is 5.27. The van der Waals surface area contributed by atoms with Crippen LogP contribution in [-0.2, 0) is 11.2 Å². The van der Waals surface area contributed by atoms with Crippen molar-refractivity contribution in [2.75, 3.05) is 13.7 Å². The van der Waals surface area contributed by atoms with Gasteiger partial charge in [0.25, 0.3) is 5.56 Å². The van der Waals surface area contributed by atoms with Crippen LogP contribution in [0.4, 0.5) is 17.6 Å². The summed E-state index contributed by atoms with van der Waals surface area (Å²) in [6.07, 6.45) is -4.12. The van der Waals surface area contributed by atoms with Crippen LogP contribution >= 0.6 is 0 Å². The normalized spacial score (nSPS) is 12.4. The lowest BCUT2D eigenvalue weighted by molar-refractivity contribution is -0.186. The smallest absolute Gasteiger partial charge is 0.399 e. The average Bonchev–Trinajstić information content (AvgIpc) is 2.75. The number of amides is 1. The lowest BCUT2D eigenvalue weighted by atomic mass is 9.84. The third kappa shape index (κ3) is 6.30. The second-order valence-electron chi connectivity index (χ2n) is 7.99. The second kappa shape index (κ2) is 10.6. The molecule has 0 spiro atoms. The number of nitrogens with one attached hydrogen (secondary N) is 3. The van der Waals surface area contributed by atoms with Gasteiger partial charge in [-0.05, 0) is 44.0 Å². The first-order valence-corrected chi connectivity index (χ1v) is 10.3. The quantitative estimate of drug-likeness (QED) is 0.297. The van der Waals surface area contributed by atoms with Gasteiger partial charge in [0.05, 0.1) is 18.4 Å². The maximum Gasteiger partial charge on any atom is 0.399 e. The van der Waals surface area contributed by atoms with Crippen LogP contribution in [0.25, 0.3) is 11.1 Å². The number of carbonyl (C=O) groups excluding carboxylic acids is 1. The summed E-state index contributed by atoms with van der Waals surface area (Å²) in [5, 5.41) is 10.1. The van der Waals surface area contributed by atoms with E-state index < -0.39 is 47.4 Å². The summed E-state index contributed by atoms with van der Waals surface area (Å²) < 4.78 is 59.3. The van der Waals surface area contributed by atoms with Crippen molar-refractivity contribution < 1.29 is 27.1 Å². The monoisotopic (exact) mass is 482 g/mol. The number of rotatable bonds is 8. The van der Waals surface area contributed by atoms with E-state index in [9.17, 15) is 27.2 Å². The number of nitrogens with zero attached hydrogens (tertiary/aromatic N) is 1. The number of aliphatic imine (C=N–C) groups is 1. The molecule has 0 unspecified atom stereocenters. The number of ether oxygens (including phenoxy) is 1. The Balaban J connectivity index is 2.11. The van der Waals surface area contributed by atoms with Gasteiger partial charge in [-0.25, -0.2) is 4.39 Å². The van der Waals surface area contributed by atoms with Crippen molar-refractivity contribution in [2.24, 2.45) is 10.4 Å². The molecule has 1 aromatic heterocycles. The van der Waals surface area contributed by atoms with Crippen LogP contribution in [-0.4, -0.2) is 42.3 Å². The largest absolute Gasteiger partial charge is 0.488 e. The van der Waals surface area contributed by atoms with E-state index in [1.807, 2.05) is 0 Å². The number of carbonyl (C=O) groups is 1. The predicted octanol–water partition coefficient (Wildman–Crippen LogP) is 4.27. The summed E-state index contributed by atoms with van der Waals surface area (Å²) in [5.74, 6) is -1.40. The molecular weight excluding hydrogens is 456 g/mol. The maximum absolute atomic E-state index is 14.7. The van der Waals surface area contributed by atoms with Crippen LogP contribution < -0.4 is 15.6 Å². The van der Waals surface area contributed by atoms with E-state index in [2.05, 4.69) is 15.3 Å². The van der Waals surface area contributed by atoms with Crippen molar-refractivity contribution in [2.45, 2.75) is 39.8 Å². The Morgan fingerprint density at radius 3 is 2.44 bits per heavy atom. The molecule has 11 heteroatoms. The van der Waals surface area contributed by atoms with Gasteiger partial charge in [-0.3, -0.25) is 14.6 Å². The fourth-order valence-electron chi connectivity index (χ4n) is 2.88. The Labute approximate surface area is 193 Å². The number of pyridine rings is 1. The van der Waals surface area contributed by atoms with E-state index >= 15 is 0 Å². The molecule has 0 aliphatic heterocycles. The summed E-state index contributed by atoms with van der Waals surface area (Å²) in [7, 11) is 1.28. The summed E-state index contributed by atoms with van der Waals surface area (Å²) in [6.45, 7) is 3.76. The van der Waals surface area contributed by atoms with Gasteiger partial charge in [-0.1, -0.05) is 12.1 Å². The first-order chi connectivity index (χ1) is 15.8. The Bertz CT molecular complexity index is 1150. The molecule has 34 heavy (non-hydrogen) atoms. The molecule has 1 amide bonds. The zero-order chi connectivity index (χ0) is 25.7. The molecule has 0 saturated carbocycles. The van der Waals surface area contributed by atoms with Gasteiger partial charge in [0.2, 0.25) is 5.91 Å². The number of amidine groups is 1. The zero-order valence-electron chi connectivity index (χ0n) is 19.2. The van der Waals surface area contributed by atoms with Gasteiger partial charge in [0, 0.05) is 30.9 Å². The highest BCUT2D eigenvalue weighted by atomic mass is 19.4. The van der Waals surface area contributed by atoms with Crippen molar-refractivity contribution in [1.29, 1.82) is 5.41 Å². The van der Waals surface area contributed by atoms with Gasteiger partial charge < -0.3 is 20.4 Å². The number of H-pyrrole nitrogens is 1. The molecule has 0 aliphatic rings. The van der Waals surface area contributed by atoms with Crippen LogP contribution in [0, 0.1) is 16.6 Å². The molecule has 0 aliphatic carbocycles. The summed E-state index contributed by atoms with van der Waals surface area (Å²) in [4.78, 5) is 30.4. The molecular formula is C23H26F4N4O3. The molecule has 0 bridgehead atoms. The number of benzene rings is 1. The lowest BCUT2D eigenvalue weighted by Gasteiger charge is -2.28. The maximum atomic E-state index is 14.7. The van der Waals surface area contributed by atoms with E-state index in [0.717, 1.165) is 13.8 Å². The third-order valence-corrected chi connectivity index (χ3v) is 5.27. The number of hydrogen-bond acceptors (Lipinski definition) is 5. The Morgan fingerprint density at radius 2 is 1.88 bits per heavy atom. The molecule has 0 saturated heterocycles. The van der Waals surface area contributed by atoms with Crippen LogP contribution in [0.3, 0.4) is 0 Å². The Morgan fingerprint density at radius 1 is 1.21 bits per heavy atom. The molecule has 184 valence electrons. The van der Waals surface area contributed by atoms with Crippen LogP contribution in [0.15, 0.2) is 40.2 Å². The standard InChI is InChI=1S/C23H26F4N4O3/c1-5-34-17-9-15(12-30-21(17)33)13-6-7-14(16(24)8-13)10-20(32)31-19(29-4)11-18(28)22(2,3)23(25,26)27/h6-9,12,28H,5,10-11H2,1-4H3,(H,30,33)(H,29,31,32). The fraction of sp³-hybridized carbons (Fsp3) is 0.391. The molecule has 2 rings (SSSR count). The Hall–Kier alpha value is -3.50. The molecule has 7 nitrogen and oxygen atoms in total. The van der Waals surface area contributed by atoms with Gasteiger partial charge >= 0.3 is 6.18 Å². The summed E-state index contributed by atoms with van der Waals surface area (Å²) in [6, 6.07) is 5.63. The first-order valence-electron chi connectivity index (χ1n) is 10.3. The van der Waals surface area contributed by atoms with Crippen LogP contribution in [0.1, 0.15) is 32.8 Å². The molecule has 0 fully saturated rings. The van der Waals surface area contributed by atoms with Crippen molar-refractivity contribution in [3.63, 3.8) is 0 Å². The fourth-order valence-corrected chi connectivity index (χ4v) is 2.88. The minimum absolute atomic E-state index is 0.0526. The Kier molecular flexibility index (Phi) is 8.36. The highest BCUT2D eigenvalue weighted by molar-refractivity contribution is 6.09. The number of hydrogen-bond donors (Lipinski definition) is 3.